The van der Waals surface area contributed by atoms with Crippen LogP contribution in [0.25, 0.3) is 11.1 Å². The summed E-state index contributed by atoms with van der Waals surface area (Å²) >= 11 is 0. The number of phenols is 1. The van der Waals surface area contributed by atoms with Crippen LogP contribution in [0.15, 0.2) is 78.9 Å². The van der Waals surface area contributed by atoms with Crippen molar-refractivity contribution in [2.45, 2.75) is 63.5 Å². The molecule has 3 aromatic carbocycles. The second-order valence-electron chi connectivity index (χ2n) is 11.7. The molecule has 0 spiro atoms. The molecule has 10 nitrogen and oxygen atoms in total. The van der Waals surface area contributed by atoms with E-state index in [1.807, 2.05) is 66.7 Å². The van der Waals surface area contributed by atoms with Crippen LogP contribution in [-0.4, -0.2) is 71.9 Å². The summed E-state index contributed by atoms with van der Waals surface area (Å²) in [5.74, 6) is -0.608. The lowest BCUT2D eigenvalue weighted by atomic mass is 10.00. The van der Waals surface area contributed by atoms with Gasteiger partial charge in [-0.1, -0.05) is 73.5 Å². The van der Waals surface area contributed by atoms with E-state index in [9.17, 15) is 19.5 Å². The summed E-state index contributed by atoms with van der Waals surface area (Å²) in [6.45, 7) is 3.21. The molecule has 5 N–H and O–H groups in total. The first kappa shape index (κ1) is 34.5. The van der Waals surface area contributed by atoms with Gasteiger partial charge in [0, 0.05) is 50.7 Å². The third kappa shape index (κ3) is 11.8. The Kier molecular flexibility index (Phi) is 13.9. The van der Waals surface area contributed by atoms with E-state index in [1.165, 1.54) is 0 Å². The van der Waals surface area contributed by atoms with Crippen molar-refractivity contribution in [1.29, 1.82) is 0 Å². The Morgan fingerprint density at radius 1 is 0.848 bits per heavy atom. The van der Waals surface area contributed by atoms with Crippen LogP contribution in [0.2, 0.25) is 0 Å². The summed E-state index contributed by atoms with van der Waals surface area (Å²) in [5, 5.41) is 27.8. The summed E-state index contributed by atoms with van der Waals surface area (Å²) in [6, 6.07) is 24.6. The van der Waals surface area contributed by atoms with Crippen LogP contribution in [0.4, 0.5) is 10.5 Å². The van der Waals surface area contributed by atoms with E-state index in [0.29, 0.717) is 31.7 Å². The third-order valence-corrected chi connectivity index (χ3v) is 8.23. The van der Waals surface area contributed by atoms with Crippen LogP contribution >= 0.6 is 0 Å². The number of carboxylic acid groups (broad SMARTS) is 1. The number of aliphatic carboxylic acids is 1. The van der Waals surface area contributed by atoms with Crippen molar-refractivity contribution >= 4 is 23.7 Å². The topological polar surface area (TPSA) is 140 Å². The Labute approximate surface area is 271 Å². The first-order valence-electron chi connectivity index (χ1n) is 16.2. The number of carbonyl (C=O) groups excluding carboxylic acids is 2. The Bertz CT molecular complexity index is 1380. The molecule has 46 heavy (non-hydrogen) atoms. The summed E-state index contributed by atoms with van der Waals surface area (Å²) in [5.41, 5.74) is 3.69. The van der Waals surface area contributed by atoms with E-state index in [2.05, 4.69) is 20.9 Å². The van der Waals surface area contributed by atoms with E-state index in [1.54, 1.807) is 12.1 Å². The van der Waals surface area contributed by atoms with Crippen LogP contribution in [0.1, 0.15) is 63.0 Å². The Morgan fingerprint density at radius 3 is 2.30 bits per heavy atom. The number of likely N-dealkylation sites (tertiary alicyclic amines) is 1. The molecule has 246 valence electrons. The number of nitrogens with zero attached hydrogens (tertiary/aromatic N) is 1. The van der Waals surface area contributed by atoms with Crippen molar-refractivity contribution in [2.75, 3.05) is 38.0 Å². The van der Waals surface area contributed by atoms with Crippen molar-refractivity contribution in [1.82, 2.24) is 15.5 Å². The smallest absolute Gasteiger partial charge is 0.411 e. The predicted molar refractivity (Wildman–Crippen MR) is 179 cm³/mol. The first-order chi connectivity index (χ1) is 22.4. The van der Waals surface area contributed by atoms with E-state index >= 15 is 0 Å². The molecule has 1 fully saturated rings. The maximum Gasteiger partial charge on any atom is 0.411 e. The fourth-order valence-corrected chi connectivity index (χ4v) is 5.68. The second kappa shape index (κ2) is 18.5. The van der Waals surface area contributed by atoms with Crippen LogP contribution in [0.3, 0.4) is 0 Å². The number of hydrogen-bond donors (Lipinski definition) is 5. The number of carboxylic acids is 1. The summed E-state index contributed by atoms with van der Waals surface area (Å²) < 4.78 is 5.73. The molecule has 1 heterocycles. The predicted octanol–water partition coefficient (Wildman–Crippen LogP) is 5.94. The normalized spacial score (nSPS) is 14.3. The van der Waals surface area contributed by atoms with Crippen molar-refractivity contribution in [3.63, 3.8) is 0 Å². The summed E-state index contributed by atoms with van der Waals surface area (Å²) in [6.07, 6.45) is 4.89. The number of aromatic hydroxyl groups is 1. The lowest BCUT2D eigenvalue weighted by molar-refractivity contribution is -0.137. The maximum atomic E-state index is 12.7. The standard InChI is InChI=1S/C36H46N4O6/c41-29-16-14-28(15-17-29)32(37-23-18-35(43)44)12-5-2-8-22-38-34(42)21-26-40-24-19-30(20-25-40)46-36(45)39-33-13-7-6-11-31(33)27-9-3-1-4-10-27/h1,3-4,6-7,9-11,13-17,30,32,37,41H,2,5,8,12,18-26H2,(H,38,42)(H,39,45)(H,43,44). The molecule has 1 aliphatic heterocycles. The lowest BCUT2D eigenvalue weighted by Crippen LogP contribution is -2.40. The highest BCUT2D eigenvalue weighted by molar-refractivity contribution is 5.91. The van der Waals surface area contributed by atoms with Crippen molar-refractivity contribution in [3.05, 3.63) is 84.4 Å². The van der Waals surface area contributed by atoms with Crippen LogP contribution in [0, 0.1) is 0 Å². The zero-order chi connectivity index (χ0) is 32.6. The number of anilines is 1. The SMILES string of the molecule is O=C(O)CCNC(CCCCCNC(=O)CCN1CCC(OC(=O)Nc2ccccc2-c2ccccc2)CC1)c1ccc(O)cc1. The minimum atomic E-state index is -0.840. The van der Waals surface area contributed by atoms with Gasteiger partial charge in [-0.05, 0) is 55.0 Å². The summed E-state index contributed by atoms with van der Waals surface area (Å²) in [4.78, 5) is 38.2. The van der Waals surface area contributed by atoms with Gasteiger partial charge in [-0.2, -0.15) is 0 Å². The van der Waals surface area contributed by atoms with Gasteiger partial charge in [0.1, 0.15) is 11.9 Å². The molecule has 0 radical (unpaired) electrons. The number of hydrogen-bond acceptors (Lipinski definition) is 7. The molecule has 1 atom stereocenters. The number of nitrogens with one attached hydrogen (secondary N) is 3. The van der Waals surface area contributed by atoms with Gasteiger partial charge in [-0.15, -0.1) is 0 Å². The lowest BCUT2D eigenvalue weighted by Gasteiger charge is -2.31. The average molecular weight is 631 g/mol. The second-order valence-corrected chi connectivity index (χ2v) is 11.7. The molecular weight excluding hydrogens is 584 g/mol. The minimum absolute atomic E-state index is 0.00910. The van der Waals surface area contributed by atoms with E-state index in [4.69, 9.17) is 9.84 Å². The molecular formula is C36H46N4O6. The Hall–Kier alpha value is -4.41. The van der Waals surface area contributed by atoms with Gasteiger partial charge in [0.25, 0.3) is 0 Å². The van der Waals surface area contributed by atoms with Gasteiger partial charge < -0.3 is 30.5 Å². The number of phenolic OH excluding ortho intramolecular Hbond substituents is 1. The van der Waals surface area contributed by atoms with Crippen molar-refractivity contribution < 1.29 is 29.3 Å². The molecule has 0 bridgehead atoms. The quantitative estimate of drug-likeness (QED) is 0.115. The molecule has 0 aliphatic carbocycles. The molecule has 3 aromatic rings. The zero-order valence-electron chi connectivity index (χ0n) is 26.3. The number of amides is 2. The van der Waals surface area contributed by atoms with Gasteiger partial charge in [-0.3, -0.25) is 14.9 Å². The zero-order valence-corrected chi connectivity index (χ0v) is 26.3. The molecule has 1 saturated heterocycles. The van der Waals surface area contributed by atoms with E-state index in [0.717, 1.165) is 68.3 Å². The van der Waals surface area contributed by atoms with Gasteiger partial charge in [0.2, 0.25) is 5.91 Å². The van der Waals surface area contributed by atoms with Gasteiger partial charge >= 0.3 is 12.1 Å². The summed E-state index contributed by atoms with van der Waals surface area (Å²) in [7, 11) is 0. The fourth-order valence-electron chi connectivity index (χ4n) is 5.68. The van der Waals surface area contributed by atoms with Crippen molar-refractivity contribution in [2.24, 2.45) is 0 Å². The van der Waals surface area contributed by atoms with Crippen LogP contribution in [-0.2, 0) is 14.3 Å². The highest BCUT2D eigenvalue weighted by Crippen LogP contribution is 2.28. The highest BCUT2D eigenvalue weighted by atomic mass is 16.6. The number of piperidine rings is 1. The average Bonchev–Trinajstić information content (AvgIpc) is 3.06. The molecule has 2 amide bonds. The molecule has 10 heteroatoms. The largest absolute Gasteiger partial charge is 0.508 e. The molecule has 1 aliphatic rings. The monoisotopic (exact) mass is 630 g/mol. The van der Waals surface area contributed by atoms with Gasteiger partial charge in [-0.25, -0.2) is 4.79 Å². The van der Waals surface area contributed by atoms with Gasteiger partial charge in [0.15, 0.2) is 0 Å². The molecule has 4 rings (SSSR count). The maximum absolute atomic E-state index is 12.7. The van der Waals surface area contributed by atoms with E-state index in [-0.39, 0.29) is 30.2 Å². The number of ether oxygens (including phenoxy) is 1. The van der Waals surface area contributed by atoms with Crippen LogP contribution in [0.5, 0.6) is 5.75 Å². The Morgan fingerprint density at radius 2 is 1.57 bits per heavy atom. The fraction of sp³-hybridized carbons (Fsp3) is 0.417. The minimum Gasteiger partial charge on any atom is -0.508 e. The number of benzene rings is 3. The molecule has 0 saturated carbocycles. The first-order valence-corrected chi connectivity index (χ1v) is 16.2. The number of rotatable bonds is 17. The third-order valence-electron chi connectivity index (χ3n) is 8.23. The van der Waals surface area contributed by atoms with E-state index < -0.39 is 12.1 Å². The molecule has 0 aromatic heterocycles. The number of para-hydroxylation sites is 1. The van der Waals surface area contributed by atoms with Gasteiger partial charge in [0.05, 0.1) is 12.1 Å². The Balaban J connectivity index is 1.07. The molecule has 1 unspecified atom stereocenters. The highest BCUT2D eigenvalue weighted by Gasteiger charge is 2.23. The van der Waals surface area contributed by atoms with Crippen molar-refractivity contribution in [3.8, 4) is 16.9 Å². The number of carbonyl (C=O) groups is 3. The van der Waals surface area contributed by atoms with Crippen LogP contribution < -0.4 is 16.0 Å². The number of unbranched alkanes of at least 4 members (excludes halogenated alkanes) is 2.